The van der Waals surface area contributed by atoms with E-state index in [2.05, 4.69) is 17.6 Å². The van der Waals surface area contributed by atoms with E-state index in [1.807, 2.05) is 17.7 Å². The van der Waals surface area contributed by atoms with Gasteiger partial charge in [0.15, 0.2) is 0 Å². The lowest BCUT2D eigenvalue weighted by Crippen LogP contribution is -2.44. The van der Waals surface area contributed by atoms with Crippen molar-refractivity contribution in [2.24, 2.45) is 11.5 Å². The number of aryl methyl sites for hydroxylation is 2. The lowest BCUT2D eigenvalue weighted by molar-refractivity contribution is -0.137. The van der Waals surface area contributed by atoms with Crippen LogP contribution in [0.3, 0.4) is 0 Å². The number of rotatable bonds is 4. The molecule has 0 radical (unpaired) electrons. The second-order valence-corrected chi connectivity index (χ2v) is 7.58. The van der Waals surface area contributed by atoms with Crippen molar-refractivity contribution in [3.05, 3.63) is 41.1 Å². The van der Waals surface area contributed by atoms with Gasteiger partial charge < -0.3 is 16.4 Å². The van der Waals surface area contributed by atoms with Crippen LogP contribution in [0.1, 0.15) is 30.2 Å². The van der Waals surface area contributed by atoms with Gasteiger partial charge in [0, 0.05) is 30.4 Å². The molecule has 1 aliphatic rings. The predicted octanol–water partition coefficient (Wildman–Crippen LogP) is 3.87. The van der Waals surface area contributed by atoms with Crippen molar-refractivity contribution in [3.63, 3.8) is 0 Å². The molecule has 1 unspecified atom stereocenters. The molecule has 168 valence electrons. The smallest absolute Gasteiger partial charge is 0.364 e. The van der Waals surface area contributed by atoms with Gasteiger partial charge in [0.25, 0.3) is 0 Å². The van der Waals surface area contributed by atoms with Gasteiger partial charge in [0.05, 0.1) is 17.8 Å². The van der Waals surface area contributed by atoms with E-state index in [1.165, 1.54) is 19.2 Å². The molecule has 3 aromatic rings. The molecule has 0 fully saturated rings. The van der Waals surface area contributed by atoms with Crippen LogP contribution in [-0.2, 0) is 12.7 Å². The van der Waals surface area contributed by atoms with Gasteiger partial charge >= 0.3 is 6.18 Å². The quantitative estimate of drug-likeness (QED) is 0.651. The SMILES string of the molecule is CCC1Cn2nc(-c3ccc(C(F)(F)F)cc3C)c3nc(C)cc(c32)N1CCN.CN. The average Bonchev–Trinajstić information content (AvgIpc) is 3.09. The summed E-state index contributed by atoms with van der Waals surface area (Å²) in [5.74, 6) is 0. The van der Waals surface area contributed by atoms with Crippen LogP contribution in [0.2, 0.25) is 0 Å². The molecule has 1 atom stereocenters. The molecular formula is C22H29F3N6. The normalized spacial score (nSPS) is 15.8. The zero-order valence-corrected chi connectivity index (χ0v) is 18.3. The number of anilines is 1. The third kappa shape index (κ3) is 4.12. The minimum atomic E-state index is -4.37. The molecule has 0 bridgehead atoms. The maximum Gasteiger partial charge on any atom is 0.416 e. The Morgan fingerprint density at radius 1 is 1.16 bits per heavy atom. The fourth-order valence-electron chi connectivity index (χ4n) is 4.21. The minimum absolute atomic E-state index is 0.262. The van der Waals surface area contributed by atoms with E-state index >= 15 is 0 Å². The third-order valence-corrected chi connectivity index (χ3v) is 5.59. The van der Waals surface area contributed by atoms with Gasteiger partial charge in [0.2, 0.25) is 0 Å². The Morgan fingerprint density at radius 2 is 1.87 bits per heavy atom. The fraction of sp³-hybridized carbons (Fsp3) is 0.455. The number of benzene rings is 1. The van der Waals surface area contributed by atoms with Gasteiger partial charge in [-0.05, 0) is 51.1 Å². The molecule has 1 aromatic carbocycles. The Balaban J connectivity index is 0.00000132. The van der Waals surface area contributed by atoms with Crippen LogP contribution in [-0.4, -0.2) is 40.9 Å². The highest BCUT2D eigenvalue weighted by Crippen LogP contribution is 2.39. The van der Waals surface area contributed by atoms with Gasteiger partial charge in [-0.25, -0.2) is 4.98 Å². The van der Waals surface area contributed by atoms with Crippen LogP contribution in [0.4, 0.5) is 18.9 Å². The largest absolute Gasteiger partial charge is 0.416 e. The minimum Gasteiger partial charge on any atom is -0.364 e. The van der Waals surface area contributed by atoms with Crippen molar-refractivity contribution < 1.29 is 13.2 Å². The van der Waals surface area contributed by atoms with Gasteiger partial charge in [-0.1, -0.05) is 13.0 Å². The number of aromatic nitrogens is 3. The molecule has 0 saturated carbocycles. The molecule has 3 heterocycles. The first-order valence-corrected chi connectivity index (χ1v) is 10.4. The van der Waals surface area contributed by atoms with Crippen LogP contribution in [0.25, 0.3) is 22.3 Å². The lowest BCUT2D eigenvalue weighted by atomic mass is 10.0. The molecule has 0 amide bonds. The van der Waals surface area contributed by atoms with E-state index in [-0.39, 0.29) is 6.04 Å². The molecule has 6 nitrogen and oxygen atoms in total. The maximum atomic E-state index is 13.1. The fourth-order valence-corrected chi connectivity index (χ4v) is 4.21. The molecular weight excluding hydrogens is 405 g/mol. The zero-order chi connectivity index (χ0) is 22.9. The van der Waals surface area contributed by atoms with Crippen molar-refractivity contribution in [2.45, 2.75) is 46.0 Å². The molecule has 9 heteroatoms. The van der Waals surface area contributed by atoms with Gasteiger partial charge in [-0.2, -0.15) is 18.3 Å². The number of nitrogens with two attached hydrogens (primary N) is 2. The summed E-state index contributed by atoms with van der Waals surface area (Å²) >= 11 is 0. The lowest BCUT2D eigenvalue weighted by Gasteiger charge is -2.37. The third-order valence-electron chi connectivity index (χ3n) is 5.59. The number of alkyl halides is 3. The van der Waals surface area contributed by atoms with E-state index in [1.54, 1.807) is 6.92 Å². The first kappa shape index (κ1) is 23.0. The highest BCUT2D eigenvalue weighted by Gasteiger charge is 2.32. The molecule has 0 spiro atoms. The van der Waals surface area contributed by atoms with Crippen molar-refractivity contribution in [2.75, 3.05) is 25.0 Å². The van der Waals surface area contributed by atoms with E-state index in [0.717, 1.165) is 41.4 Å². The topological polar surface area (TPSA) is 86.0 Å². The van der Waals surface area contributed by atoms with Crippen LogP contribution >= 0.6 is 0 Å². The highest BCUT2D eigenvalue weighted by atomic mass is 19.4. The monoisotopic (exact) mass is 434 g/mol. The van der Waals surface area contributed by atoms with Crippen LogP contribution in [0.15, 0.2) is 24.3 Å². The first-order chi connectivity index (χ1) is 14.7. The summed E-state index contributed by atoms with van der Waals surface area (Å²) in [6.07, 6.45) is -3.43. The Morgan fingerprint density at radius 3 is 2.45 bits per heavy atom. The summed E-state index contributed by atoms with van der Waals surface area (Å²) in [6.45, 7) is 7.71. The van der Waals surface area contributed by atoms with Crippen LogP contribution in [0.5, 0.6) is 0 Å². The Kier molecular flexibility index (Phi) is 6.56. The second-order valence-electron chi connectivity index (χ2n) is 7.58. The maximum absolute atomic E-state index is 13.1. The predicted molar refractivity (Wildman–Crippen MR) is 118 cm³/mol. The first-order valence-electron chi connectivity index (χ1n) is 10.4. The standard InChI is InChI=1S/C21H24F3N5.CH5N/c1-4-15-11-29-20-17(28(15)8-7-25)10-13(3)26-19(20)18(27-29)16-6-5-14(9-12(16)2)21(22,23)24;1-2/h5-6,9-10,15H,4,7-8,11,25H2,1-3H3;2H2,1H3. The summed E-state index contributed by atoms with van der Waals surface area (Å²) < 4.78 is 41.2. The Labute approximate surface area is 180 Å². The summed E-state index contributed by atoms with van der Waals surface area (Å²) in [5.41, 5.74) is 15.1. The summed E-state index contributed by atoms with van der Waals surface area (Å²) in [6, 6.07) is 6.09. The summed E-state index contributed by atoms with van der Waals surface area (Å²) in [4.78, 5) is 7.02. The van der Waals surface area contributed by atoms with E-state index in [9.17, 15) is 13.2 Å². The van der Waals surface area contributed by atoms with Crippen LogP contribution in [0, 0.1) is 13.8 Å². The molecule has 4 N–H and O–H groups in total. The van der Waals surface area contributed by atoms with Gasteiger partial charge in [-0.3, -0.25) is 4.68 Å². The number of nitrogens with zero attached hydrogens (tertiary/aromatic N) is 4. The van der Waals surface area contributed by atoms with E-state index in [4.69, 9.17) is 15.8 Å². The molecule has 0 saturated heterocycles. The molecule has 1 aliphatic heterocycles. The van der Waals surface area contributed by atoms with Gasteiger partial charge in [-0.15, -0.1) is 0 Å². The number of hydrogen-bond donors (Lipinski definition) is 2. The Hall–Kier alpha value is -2.65. The van der Waals surface area contributed by atoms with Crippen LogP contribution < -0.4 is 16.4 Å². The Bertz CT molecular complexity index is 1070. The zero-order valence-electron chi connectivity index (χ0n) is 18.3. The van der Waals surface area contributed by atoms with Crippen molar-refractivity contribution in [1.82, 2.24) is 14.8 Å². The number of hydrogen-bond acceptors (Lipinski definition) is 5. The highest BCUT2D eigenvalue weighted by molar-refractivity contribution is 5.99. The summed E-state index contributed by atoms with van der Waals surface area (Å²) in [7, 11) is 1.50. The van der Waals surface area contributed by atoms with E-state index in [0.29, 0.717) is 29.9 Å². The second kappa shape index (κ2) is 8.84. The molecule has 0 aliphatic carbocycles. The molecule has 2 aromatic heterocycles. The van der Waals surface area contributed by atoms with Crippen molar-refractivity contribution in [1.29, 1.82) is 0 Å². The summed E-state index contributed by atoms with van der Waals surface area (Å²) in [5, 5.41) is 4.79. The van der Waals surface area contributed by atoms with Crippen molar-refractivity contribution >= 4 is 16.7 Å². The van der Waals surface area contributed by atoms with Crippen molar-refractivity contribution in [3.8, 4) is 11.3 Å². The molecule has 31 heavy (non-hydrogen) atoms. The number of pyridine rings is 1. The molecule has 4 rings (SSSR count). The van der Waals surface area contributed by atoms with E-state index < -0.39 is 11.7 Å². The number of halogens is 3. The average molecular weight is 435 g/mol. The van der Waals surface area contributed by atoms with Gasteiger partial charge in [0.1, 0.15) is 16.7 Å².